The SMILES string of the molecule is CC1CCC(n2cc3cc(NC(=O)c4cccc(C(F)(F)F)n4)c(N4CCC(O)CC4)cc3n2)CC1. The molecule has 1 saturated carbocycles. The summed E-state index contributed by atoms with van der Waals surface area (Å²) < 4.78 is 41.4. The van der Waals surface area contributed by atoms with Crippen LogP contribution in [0.3, 0.4) is 0 Å². The van der Waals surface area contributed by atoms with Gasteiger partial charge in [-0.25, -0.2) is 4.98 Å². The Hall–Kier alpha value is -3.14. The third-order valence-corrected chi connectivity index (χ3v) is 7.32. The van der Waals surface area contributed by atoms with Crippen LogP contribution in [0.15, 0.2) is 36.5 Å². The third-order valence-electron chi connectivity index (χ3n) is 7.32. The van der Waals surface area contributed by atoms with E-state index < -0.39 is 17.8 Å². The van der Waals surface area contributed by atoms with E-state index in [1.54, 1.807) is 0 Å². The first-order valence-corrected chi connectivity index (χ1v) is 12.5. The van der Waals surface area contributed by atoms with Crippen molar-refractivity contribution in [2.75, 3.05) is 23.3 Å². The summed E-state index contributed by atoms with van der Waals surface area (Å²) in [4.78, 5) is 18.6. The monoisotopic (exact) mass is 501 g/mol. The second kappa shape index (κ2) is 9.72. The van der Waals surface area contributed by atoms with Crippen LogP contribution >= 0.6 is 0 Å². The first kappa shape index (κ1) is 24.5. The van der Waals surface area contributed by atoms with Crippen molar-refractivity contribution in [1.82, 2.24) is 14.8 Å². The van der Waals surface area contributed by atoms with Crippen LogP contribution in [0.5, 0.6) is 0 Å². The van der Waals surface area contributed by atoms with Crippen molar-refractivity contribution in [3.05, 3.63) is 47.9 Å². The Morgan fingerprint density at radius 1 is 1.08 bits per heavy atom. The van der Waals surface area contributed by atoms with Gasteiger partial charge in [-0.15, -0.1) is 0 Å². The van der Waals surface area contributed by atoms with Gasteiger partial charge in [0, 0.05) is 24.7 Å². The summed E-state index contributed by atoms with van der Waals surface area (Å²) in [5, 5.41) is 18.4. The third kappa shape index (κ3) is 5.18. The van der Waals surface area contributed by atoms with Gasteiger partial charge in [0.1, 0.15) is 11.4 Å². The highest BCUT2D eigenvalue weighted by Gasteiger charge is 2.33. The van der Waals surface area contributed by atoms with E-state index in [2.05, 4.69) is 22.1 Å². The zero-order valence-corrected chi connectivity index (χ0v) is 20.1. The summed E-state index contributed by atoms with van der Waals surface area (Å²) >= 11 is 0. The number of rotatable bonds is 4. The molecule has 2 N–H and O–H groups in total. The summed E-state index contributed by atoms with van der Waals surface area (Å²) in [5.41, 5.74) is 0.595. The Labute approximate surface area is 207 Å². The molecule has 0 bridgehead atoms. The zero-order chi connectivity index (χ0) is 25.4. The molecule has 2 aromatic heterocycles. The molecule has 5 rings (SSSR count). The number of fused-ring (bicyclic) bond motifs is 1. The number of carbonyl (C=O) groups is 1. The molecule has 0 radical (unpaired) electrons. The van der Waals surface area contributed by atoms with Crippen molar-refractivity contribution < 1.29 is 23.1 Å². The number of alkyl halides is 3. The van der Waals surface area contributed by atoms with Crippen LogP contribution in [0, 0.1) is 5.92 Å². The predicted octanol–water partition coefficient (Wildman–Crippen LogP) is 5.41. The lowest BCUT2D eigenvalue weighted by Crippen LogP contribution is -2.36. The van der Waals surface area contributed by atoms with Gasteiger partial charge in [-0.1, -0.05) is 13.0 Å². The predicted molar refractivity (Wildman–Crippen MR) is 131 cm³/mol. The molecule has 1 aromatic carbocycles. The van der Waals surface area contributed by atoms with Crippen LogP contribution in [0.2, 0.25) is 0 Å². The second-order valence-electron chi connectivity index (χ2n) is 10.0. The Morgan fingerprint density at radius 2 is 1.81 bits per heavy atom. The van der Waals surface area contributed by atoms with Crippen molar-refractivity contribution >= 4 is 28.2 Å². The summed E-state index contributed by atoms with van der Waals surface area (Å²) in [5.74, 6) is 0.00552. The number of pyridine rings is 1. The lowest BCUT2D eigenvalue weighted by molar-refractivity contribution is -0.141. The van der Waals surface area contributed by atoms with Crippen LogP contribution in [0.4, 0.5) is 24.5 Å². The van der Waals surface area contributed by atoms with Gasteiger partial charge in [-0.3, -0.25) is 9.48 Å². The van der Waals surface area contributed by atoms with Crippen LogP contribution in [0.25, 0.3) is 10.9 Å². The number of hydrogen-bond acceptors (Lipinski definition) is 5. The van der Waals surface area contributed by atoms with E-state index in [0.717, 1.165) is 54.3 Å². The van der Waals surface area contributed by atoms with Crippen molar-refractivity contribution in [2.45, 2.75) is 63.8 Å². The molecule has 3 aromatic rings. The molecule has 1 amide bonds. The minimum atomic E-state index is -4.64. The molecule has 2 aliphatic rings. The Kier molecular flexibility index (Phi) is 6.63. The maximum atomic E-state index is 13.1. The lowest BCUT2D eigenvalue weighted by Gasteiger charge is -2.32. The highest BCUT2D eigenvalue weighted by atomic mass is 19.4. The van der Waals surface area contributed by atoms with Gasteiger partial charge < -0.3 is 15.3 Å². The summed E-state index contributed by atoms with van der Waals surface area (Å²) in [6.07, 6.45) is 2.61. The molecule has 0 unspecified atom stereocenters. The largest absolute Gasteiger partial charge is 0.433 e. The first-order chi connectivity index (χ1) is 17.2. The number of hydrogen-bond donors (Lipinski definition) is 2. The smallest absolute Gasteiger partial charge is 0.393 e. The van der Waals surface area contributed by atoms with Crippen LogP contribution in [-0.4, -0.2) is 45.0 Å². The second-order valence-corrected chi connectivity index (χ2v) is 10.0. The quantitative estimate of drug-likeness (QED) is 0.499. The number of nitrogens with one attached hydrogen (secondary N) is 1. The van der Waals surface area contributed by atoms with Crippen LogP contribution in [0.1, 0.15) is 67.7 Å². The molecule has 7 nitrogen and oxygen atoms in total. The number of aromatic nitrogens is 3. The Bertz CT molecular complexity index is 1240. The number of aliphatic hydroxyl groups excluding tert-OH is 1. The number of amides is 1. The van der Waals surface area contributed by atoms with Gasteiger partial charge in [0.2, 0.25) is 0 Å². The standard InChI is InChI=1S/C26H30F3N5O2/c1-16-5-7-18(8-6-16)34-15-17-13-22(23(14-21(17)32-34)33-11-9-19(35)10-12-33)31-25(36)20-3-2-4-24(30-20)26(27,28)29/h2-4,13-16,18-19,35H,5-12H2,1H3,(H,31,36). The van der Waals surface area contributed by atoms with E-state index in [-0.39, 0.29) is 11.8 Å². The van der Waals surface area contributed by atoms with Crippen molar-refractivity contribution in [3.63, 3.8) is 0 Å². The molecule has 2 fully saturated rings. The lowest BCUT2D eigenvalue weighted by atomic mass is 9.87. The number of piperidine rings is 1. The molecule has 3 heterocycles. The fourth-order valence-corrected chi connectivity index (χ4v) is 5.15. The normalized spacial score (nSPS) is 21.6. The van der Waals surface area contributed by atoms with Crippen molar-refractivity contribution in [2.24, 2.45) is 5.92 Å². The summed E-state index contributed by atoms with van der Waals surface area (Å²) in [6, 6.07) is 7.36. The summed E-state index contributed by atoms with van der Waals surface area (Å²) in [6.45, 7) is 3.46. The summed E-state index contributed by atoms with van der Waals surface area (Å²) in [7, 11) is 0. The average molecular weight is 502 g/mol. The fraction of sp³-hybridized carbons (Fsp3) is 0.500. The average Bonchev–Trinajstić information content (AvgIpc) is 3.27. The number of aliphatic hydroxyl groups is 1. The van der Waals surface area contributed by atoms with Gasteiger partial charge in [0.05, 0.1) is 29.0 Å². The highest BCUT2D eigenvalue weighted by Crippen LogP contribution is 2.36. The minimum Gasteiger partial charge on any atom is -0.393 e. The molecule has 1 saturated heterocycles. The Morgan fingerprint density at radius 3 is 2.50 bits per heavy atom. The van der Waals surface area contributed by atoms with Gasteiger partial charge in [0.15, 0.2) is 0 Å². The molecule has 192 valence electrons. The highest BCUT2D eigenvalue weighted by molar-refractivity contribution is 6.06. The van der Waals surface area contributed by atoms with E-state index >= 15 is 0 Å². The van der Waals surface area contributed by atoms with E-state index in [9.17, 15) is 23.1 Å². The number of anilines is 2. The maximum absolute atomic E-state index is 13.1. The fourth-order valence-electron chi connectivity index (χ4n) is 5.15. The minimum absolute atomic E-state index is 0.308. The van der Waals surface area contributed by atoms with Crippen LogP contribution in [-0.2, 0) is 6.18 Å². The van der Waals surface area contributed by atoms with Gasteiger partial charge >= 0.3 is 6.18 Å². The molecule has 0 atom stereocenters. The maximum Gasteiger partial charge on any atom is 0.433 e. The molecular weight excluding hydrogens is 471 g/mol. The van der Waals surface area contributed by atoms with Gasteiger partial charge in [-0.05, 0) is 68.7 Å². The van der Waals surface area contributed by atoms with E-state index in [1.807, 2.05) is 23.0 Å². The molecular formula is C26H30F3N5O2. The van der Waals surface area contributed by atoms with Gasteiger partial charge in [0.25, 0.3) is 5.91 Å². The van der Waals surface area contributed by atoms with Crippen LogP contribution < -0.4 is 10.2 Å². The number of benzene rings is 1. The molecule has 1 aliphatic heterocycles. The van der Waals surface area contributed by atoms with E-state index in [0.29, 0.717) is 37.7 Å². The number of nitrogens with zero attached hydrogens (tertiary/aromatic N) is 4. The Balaban J connectivity index is 1.48. The molecule has 10 heteroatoms. The zero-order valence-electron chi connectivity index (χ0n) is 20.1. The van der Waals surface area contributed by atoms with Crippen molar-refractivity contribution in [1.29, 1.82) is 0 Å². The number of halogens is 3. The van der Waals surface area contributed by atoms with E-state index in [4.69, 9.17) is 5.10 Å². The van der Waals surface area contributed by atoms with Gasteiger partial charge in [-0.2, -0.15) is 18.3 Å². The topological polar surface area (TPSA) is 83.3 Å². The first-order valence-electron chi connectivity index (χ1n) is 12.5. The van der Waals surface area contributed by atoms with Crippen molar-refractivity contribution in [3.8, 4) is 0 Å². The van der Waals surface area contributed by atoms with E-state index in [1.165, 1.54) is 12.1 Å². The molecule has 0 spiro atoms. The number of carbonyl (C=O) groups excluding carboxylic acids is 1. The molecule has 1 aliphatic carbocycles. The molecule has 36 heavy (non-hydrogen) atoms.